The molecule has 0 spiro atoms. The van der Waals surface area contributed by atoms with Crippen LogP contribution in [0.15, 0.2) is 28.7 Å². The van der Waals surface area contributed by atoms with Crippen LogP contribution in [0.3, 0.4) is 0 Å². The molecule has 1 heterocycles. The minimum Gasteiger partial charge on any atom is -0.444 e. The topological polar surface area (TPSA) is 29.5 Å². The molecule has 1 aliphatic heterocycles. The monoisotopic (exact) mass is 311 g/mol. The zero-order valence-corrected chi connectivity index (χ0v) is 12.5. The summed E-state index contributed by atoms with van der Waals surface area (Å²) < 4.78 is 6.44. The molecule has 1 amide bonds. The van der Waals surface area contributed by atoms with E-state index in [1.54, 1.807) is 4.90 Å². The van der Waals surface area contributed by atoms with Gasteiger partial charge in [-0.05, 0) is 32.4 Å². The van der Waals surface area contributed by atoms with Gasteiger partial charge in [0.05, 0.1) is 0 Å². The number of halogens is 1. The first kappa shape index (κ1) is 13.4. The van der Waals surface area contributed by atoms with Gasteiger partial charge in [0.1, 0.15) is 5.60 Å². The second-order valence-electron chi connectivity index (χ2n) is 5.60. The quantitative estimate of drug-likeness (QED) is 0.790. The Morgan fingerprint density at radius 3 is 2.50 bits per heavy atom. The molecule has 1 fully saturated rings. The normalized spacial score (nSPS) is 16.3. The van der Waals surface area contributed by atoms with E-state index in [0.29, 0.717) is 5.92 Å². The lowest BCUT2D eigenvalue weighted by atomic mass is 9.92. The van der Waals surface area contributed by atoms with E-state index >= 15 is 0 Å². The van der Waals surface area contributed by atoms with E-state index in [1.807, 2.05) is 39.0 Å². The number of carbonyl (C=O) groups excluding carboxylic acids is 1. The molecule has 1 saturated heterocycles. The SMILES string of the molecule is CC(C)(C)OC(=O)N1CC(c2ccccc2Br)C1. The van der Waals surface area contributed by atoms with E-state index in [0.717, 1.165) is 17.6 Å². The Bertz CT molecular complexity index is 447. The predicted molar refractivity (Wildman–Crippen MR) is 74.7 cm³/mol. The van der Waals surface area contributed by atoms with Gasteiger partial charge >= 0.3 is 6.09 Å². The van der Waals surface area contributed by atoms with Crippen LogP contribution < -0.4 is 0 Å². The predicted octanol–water partition coefficient (Wildman–Crippen LogP) is 3.78. The molecule has 18 heavy (non-hydrogen) atoms. The third-order valence-electron chi connectivity index (χ3n) is 2.88. The minimum atomic E-state index is -0.421. The van der Waals surface area contributed by atoms with Crippen LogP contribution in [0, 0.1) is 0 Å². The van der Waals surface area contributed by atoms with Crippen molar-refractivity contribution in [3.8, 4) is 0 Å². The Morgan fingerprint density at radius 1 is 1.33 bits per heavy atom. The van der Waals surface area contributed by atoms with Crippen molar-refractivity contribution in [2.75, 3.05) is 13.1 Å². The standard InChI is InChI=1S/C14H18BrNO2/c1-14(2,3)18-13(17)16-8-10(9-16)11-6-4-5-7-12(11)15/h4-7,10H,8-9H2,1-3H3. The number of nitrogens with zero attached hydrogens (tertiary/aromatic N) is 1. The first-order valence-corrected chi connectivity index (χ1v) is 6.88. The first-order chi connectivity index (χ1) is 8.37. The van der Waals surface area contributed by atoms with Crippen molar-refractivity contribution in [1.82, 2.24) is 4.90 Å². The third-order valence-corrected chi connectivity index (χ3v) is 3.60. The number of carbonyl (C=O) groups is 1. The molecule has 4 heteroatoms. The van der Waals surface area contributed by atoms with Crippen LogP contribution in [0.25, 0.3) is 0 Å². The molecule has 0 radical (unpaired) electrons. The fourth-order valence-electron chi connectivity index (χ4n) is 1.96. The lowest BCUT2D eigenvalue weighted by Crippen LogP contribution is -2.50. The zero-order valence-electron chi connectivity index (χ0n) is 10.9. The molecule has 0 N–H and O–H groups in total. The molecular weight excluding hydrogens is 294 g/mol. The van der Waals surface area contributed by atoms with Gasteiger partial charge in [-0.25, -0.2) is 4.79 Å². The molecule has 98 valence electrons. The highest BCUT2D eigenvalue weighted by Gasteiger charge is 2.35. The van der Waals surface area contributed by atoms with E-state index in [-0.39, 0.29) is 6.09 Å². The van der Waals surface area contributed by atoms with Crippen LogP contribution in [-0.4, -0.2) is 29.7 Å². The fourth-order valence-corrected chi connectivity index (χ4v) is 2.57. The molecule has 1 aromatic rings. The smallest absolute Gasteiger partial charge is 0.410 e. The van der Waals surface area contributed by atoms with Crippen molar-refractivity contribution >= 4 is 22.0 Å². The first-order valence-electron chi connectivity index (χ1n) is 6.09. The van der Waals surface area contributed by atoms with Crippen molar-refractivity contribution in [3.63, 3.8) is 0 Å². The van der Waals surface area contributed by atoms with Crippen molar-refractivity contribution in [2.45, 2.75) is 32.3 Å². The number of hydrogen-bond donors (Lipinski definition) is 0. The van der Waals surface area contributed by atoms with Gasteiger partial charge in [0.2, 0.25) is 0 Å². The van der Waals surface area contributed by atoms with Crippen molar-refractivity contribution < 1.29 is 9.53 Å². The van der Waals surface area contributed by atoms with Gasteiger partial charge in [0.25, 0.3) is 0 Å². The summed E-state index contributed by atoms with van der Waals surface area (Å²) in [6, 6.07) is 8.15. The Labute approximate surface area is 116 Å². The van der Waals surface area contributed by atoms with E-state index in [4.69, 9.17) is 4.74 Å². The van der Waals surface area contributed by atoms with E-state index in [9.17, 15) is 4.79 Å². The molecule has 1 aromatic carbocycles. The molecule has 0 unspecified atom stereocenters. The summed E-state index contributed by atoms with van der Waals surface area (Å²) in [5, 5.41) is 0. The summed E-state index contributed by atoms with van der Waals surface area (Å²) in [4.78, 5) is 13.5. The van der Waals surface area contributed by atoms with Gasteiger partial charge < -0.3 is 9.64 Å². The van der Waals surface area contributed by atoms with Gasteiger partial charge in [-0.1, -0.05) is 34.1 Å². The molecule has 0 atom stereocenters. The maximum atomic E-state index is 11.8. The third kappa shape index (κ3) is 3.05. The summed E-state index contributed by atoms with van der Waals surface area (Å²) in [5.41, 5.74) is 0.840. The summed E-state index contributed by atoms with van der Waals surface area (Å²) in [7, 11) is 0. The second-order valence-corrected chi connectivity index (χ2v) is 6.46. The van der Waals surface area contributed by atoms with E-state index in [2.05, 4.69) is 22.0 Å². The van der Waals surface area contributed by atoms with Crippen LogP contribution in [0.2, 0.25) is 0 Å². The Kier molecular flexibility index (Phi) is 3.66. The van der Waals surface area contributed by atoms with E-state index < -0.39 is 5.60 Å². The van der Waals surface area contributed by atoms with Gasteiger partial charge in [0, 0.05) is 23.5 Å². The summed E-state index contributed by atoms with van der Waals surface area (Å²) in [6.45, 7) is 7.12. The fraction of sp³-hybridized carbons (Fsp3) is 0.500. The maximum Gasteiger partial charge on any atom is 0.410 e. The number of benzene rings is 1. The summed E-state index contributed by atoms with van der Waals surface area (Å²) in [6.07, 6.45) is -0.217. The molecule has 0 aromatic heterocycles. The number of likely N-dealkylation sites (tertiary alicyclic amines) is 1. The lowest BCUT2D eigenvalue weighted by Gasteiger charge is -2.40. The Balaban J connectivity index is 1.91. The van der Waals surface area contributed by atoms with Crippen molar-refractivity contribution in [1.29, 1.82) is 0 Å². The Hall–Kier alpha value is -1.03. The van der Waals surface area contributed by atoms with Crippen molar-refractivity contribution in [2.24, 2.45) is 0 Å². The number of hydrogen-bond acceptors (Lipinski definition) is 2. The second kappa shape index (κ2) is 4.92. The highest BCUT2D eigenvalue weighted by molar-refractivity contribution is 9.10. The molecule has 1 aliphatic rings. The average Bonchev–Trinajstić information content (AvgIpc) is 2.15. The molecular formula is C14H18BrNO2. The van der Waals surface area contributed by atoms with Gasteiger partial charge in [-0.2, -0.15) is 0 Å². The highest BCUT2D eigenvalue weighted by Crippen LogP contribution is 2.32. The lowest BCUT2D eigenvalue weighted by molar-refractivity contribution is 0.00814. The van der Waals surface area contributed by atoms with Crippen molar-refractivity contribution in [3.05, 3.63) is 34.3 Å². The summed E-state index contributed by atoms with van der Waals surface area (Å²) >= 11 is 3.54. The van der Waals surface area contributed by atoms with Gasteiger partial charge in [0.15, 0.2) is 0 Å². The van der Waals surface area contributed by atoms with Crippen LogP contribution >= 0.6 is 15.9 Å². The maximum absolute atomic E-state index is 11.8. The number of rotatable bonds is 1. The average molecular weight is 312 g/mol. The largest absolute Gasteiger partial charge is 0.444 e. The van der Waals surface area contributed by atoms with Gasteiger partial charge in [-0.15, -0.1) is 0 Å². The minimum absolute atomic E-state index is 0.217. The van der Waals surface area contributed by atoms with Crippen LogP contribution in [0.4, 0.5) is 4.79 Å². The van der Waals surface area contributed by atoms with Crippen LogP contribution in [0.1, 0.15) is 32.3 Å². The van der Waals surface area contributed by atoms with Crippen LogP contribution in [0.5, 0.6) is 0 Å². The molecule has 0 saturated carbocycles. The molecule has 3 nitrogen and oxygen atoms in total. The van der Waals surface area contributed by atoms with Gasteiger partial charge in [-0.3, -0.25) is 0 Å². The number of amides is 1. The Morgan fingerprint density at radius 2 is 1.94 bits per heavy atom. The highest BCUT2D eigenvalue weighted by atomic mass is 79.9. The molecule has 2 rings (SSSR count). The van der Waals surface area contributed by atoms with E-state index in [1.165, 1.54) is 5.56 Å². The summed E-state index contributed by atoms with van der Waals surface area (Å²) in [5.74, 6) is 0.410. The molecule has 0 bridgehead atoms. The number of ether oxygens (including phenoxy) is 1. The molecule has 0 aliphatic carbocycles. The van der Waals surface area contributed by atoms with Crippen LogP contribution in [-0.2, 0) is 4.74 Å². The zero-order chi connectivity index (χ0) is 13.3.